The maximum atomic E-state index is 12.4. The Labute approximate surface area is 162 Å². The number of halogens is 1. The molecule has 0 aliphatic carbocycles. The highest BCUT2D eigenvalue weighted by atomic mass is 35.5. The topological polar surface area (TPSA) is 77.2 Å². The fourth-order valence-electron chi connectivity index (χ4n) is 2.52. The van der Waals surface area contributed by atoms with Crippen molar-refractivity contribution in [2.45, 2.75) is 32.9 Å². The van der Waals surface area contributed by atoms with Gasteiger partial charge in [-0.25, -0.2) is 0 Å². The van der Waals surface area contributed by atoms with Crippen molar-refractivity contribution in [3.05, 3.63) is 65.0 Å². The van der Waals surface area contributed by atoms with E-state index >= 15 is 0 Å². The van der Waals surface area contributed by atoms with E-state index in [1.807, 2.05) is 38.1 Å². The van der Waals surface area contributed by atoms with Crippen molar-refractivity contribution < 1.29 is 14.1 Å². The van der Waals surface area contributed by atoms with Gasteiger partial charge in [-0.1, -0.05) is 59.6 Å². The molecule has 0 bridgehead atoms. The van der Waals surface area contributed by atoms with Crippen molar-refractivity contribution >= 4 is 17.5 Å². The Balaban J connectivity index is 1.60. The lowest BCUT2D eigenvalue weighted by Crippen LogP contribution is -2.37. The summed E-state index contributed by atoms with van der Waals surface area (Å²) in [7, 11) is 0. The van der Waals surface area contributed by atoms with Crippen LogP contribution in [0.1, 0.15) is 24.8 Å². The van der Waals surface area contributed by atoms with Gasteiger partial charge >= 0.3 is 0 Å². The number of hydrogen-bond donors (Lipinski definition) is 1. The van der Waals surface area contributed by atoms with Gasteiger partial charge in [0.25, 0.3) is 5.91 Å². The monoisotopic (exact) mass is 385 g/mol. The Hall–Kier alpha value is -2.86. The molecule has 0 saturated carbocycles. The second-order valence-corrected chi connectivity index (χ2v) is 6.45. The molecule has 1 atom stereocenters. The number of benzene rings is 2. The van der Waals surface area contributed by atoms with Crippen LogP contribution in [-0.4, -0.2) is 22.2 Å². The fraction of sp³-hybridized carbons (Fsp3) is 0.250. The Kier molecular flexibility index (Phi) is 6.08. The summed E-state index contributed by atoms with van der Waals surface area (Å²) in [6.45, 7) is 3.98. The first kappa shape index (κ1) is 18.9. The molecule has 6 nitrogen and oxygen atoms in total. The second-order valence-electron chi connectivity index (χ2n) is 6.04. The van der Waals surface area contributed by atoms with E-state index in [2.05, 4.69) is 15.5 Å². The lowest BCUT2D eigenvalue weighted by Gasteiger charge is -2.17. The van der Waals surface area contributed by atoms with Gasteiger partial charge in [-0.2, -0.15) is 4.98 Å². The van der Waals surface area contributed by atoms with Crippen molar-refractivity contribution in [1.29, 1.82) is 0 Å². The molecule has 2 aromatic carbocycles. The van der Waals surface area contributed by atoms with E-state index in [9.17, 15) is 4.79 Å². The van der Waals surface area contributed by atoms with E-state index in [4.69, 9.17) is 20.9 Å². The number of hydrogen-bond acceptors (Lipinski definition) is 5. The Morgan fingerprint density at radius 1 is 1.26 bits per heavy atom. The molecule has 7 heteroatoms. The third-order valence-corrected chi connectivity index (χ3v) is 4.24. The van der Waals surface area contributed by atoms with Crippen LogP contribution in [0.2, 0.25) is 5.02 Å². The zero-order chi connectivity index (χ0) is 19.2. The summed E-state index contributed by atoms with van der Waals surface area (Å²) in [5.41, 5.74) is 1.97. The van der Waals surface area contributed by atoms with Crippen LogP contribution in [0.4, 0.5) is 0 Å². The molecule has 0 aliphatic heterocycles. The first-order valence-corrected chi connectivity index (χ1v) is 9.03. The first-order chi connectivity index (χ1) is 13.1. The molecule has 0 spiro atoms. The SMILES string of the molecule is CCC(Oc1ccccc1Cl)C(=O)NCc1nc(-c2cccc(C)c2)no1. The van der Waals surface area contributed by atoms with E-state index in [0.717, 1.165) is 11.1 Å². The number of aromatic nitrogens is 2. The van der Waals surface area contributed by atoms with E-state index in [0.29, 0.717) is 28.9 Å². The summed E-state index contributed by atoms with van der Waals surface area (Å²) in [6, 6.07) is 14.9. The zero-order valence-electron chi connectivity index (χ0n) is 15.1. The minimum atomic E-state index is -0.663. The number of carbonyl (C=O) groups excluding carboxylic acids is 1. The van der Waals surface area contributed by atoms with Gasteiger partial charge in [-0.3, -0.25) is 4.79 Å². The number of amides is 1. The maximum absolute atomic E-state index is 12.4. The van der Waals surface area contributed by atoms with Gasteiger partial charge in [0, 0.05) is 5.56 Å². The summed E-state index contributed by atoms with van der Waals surface area (Å²) in [4.78, 5) is 16.7. The van der Waals surface area contributed by atoms with E-state index in [-0.39, 0.29) is 12.5 Å². The van der Waals surface area contributed by atoms with Crippen LogP contribution in [0, 0.1) is 6.92 Å². The molecule has 3 rings (SSSR count). The summed E-state index contributed by atoms with van der Waals surface area (Å²) >= 11 is 6.09. The molecule has 0 fully saturated rings. The number of ether oxygens (including phenoxy) is 1. The summed E-state index contributed by atoms with van der Waals surface area (Å²) in [5.74, 6) is 1.02. The second kappa shape index (κ2) is 8.68. The van der Waals surface area contributed by atoms with Crippen molar-refractivity contribution in [3.8, 4) is 17.1 Å². The van der Waals surface area contributed by atoms with E-state index in [1.54, 1.807) is 24.3 Å². The highest BCUT2D eigenvalue weighted by Crippen LogP contribution is 2.25. The quantitative estimate of drug-likeness (QED) is 0.660. The first-order valence-electron chi connectivity index (χ1n) is 8.65. The number of rotatable bonds is 7. The Bertz CT molecular complexity index is 926. The van der Waals surface area contributed by atoms with Crippen LogP contribution in [0.5, 0.6) is 5.75 Å². The van der Waals surface area contributed by atoms with E-state index < -0.39 is 6.10 Å². The predicted molar refractivity (Wildman–Crippen MR) is 102 cm³/mol. The highest BCUT2D eigenvalue weighted by Gasteiger charge is 2.20. The Morgan fingerprint density at radius 2 is 2.07 bits per heavy atom. The molecule has 0 radical (unpaired) electrons. The molecule has 3 aromatic rings. The summed E-state index contributed by atoms with van der Waals surface area (Å²) in [5, 5.41) is 7.19. The minimum Gasteiger partial charge on any atom is -0.479 e. The lowest BCUT2D eigenvalue weighted by molar-refractivity contribution is -0.128. The fourth-order valence-corrected chi connectivity index (χ4v) is 2.70. The molecule has 0 aliphatic rings. The van der Waals surface area contributed by atoms with Crippen molar-refractivity contribution in [2.75, 3.05) is 0 Å². The van der Waals surface area contributed by atoms with Crippen LogP contribution in [-0.2, 0) is 11.3 Å². The minimum absolute atomic E-state index is 0.125. The number of para-hydroxylation sites is 1. The summed E-state index contributed by atoms with van der Waals surface area (Å²) < 4.78 is 10.9. The highest BCUT2D eigenvalue weighted by molar-refractivity contribution is 6.32. The molecule has 1 heterocycles. The molecule has 0 saturated heterocycles. The zero-order valence-corrected chi connectivity index (χ0v) is 15.9. The third-order valence-electron chi connectivity index (χ3n) is 3.93. The van der Waals surface area contributed by atoms with Crippen LogP contribution in [0.15, 0.2) is 53.1 Å². The number of nitrogens with zero attached hydrogens (tertiary/aromatic N) is 2. The molecular weight excluding hydrogens is 366 g/mol. The van der Waals surface area contributed by atoms with Gasteiger partial charge in [-0.05, 0) is 31.5 Å². The maximum Gasteiger partial charge on any atom is 0.261 e. The standard InChI is InChI=1S/C20H20ClN3O3/c1-3-16(26-17-10-5-4-9-15(17)21)20(25)22-12-18-23-19(24-27-18)14-8-6-7-13(2)11-14/h4-11,16H,3,12H2,1-2H3,(H,22,25). The molecule has 1 aromatic heterocycles. The number of nitrogens with one attached hydrogen (secondary N) is 1. The smallest absolute Gasteiger partial charge is 0.261 e. The van der Waals surface area contributed by atoms with Gasteiger partial charge in [0.15, 0.2) is 6.10 Å². The van der Waals surface area contributed by atoms with Crippen LogP contribution in [0.25, 0.3) is 11.4 Å². The average molecular weight is 386 g/mol. The largest absolute Gasteiger partial charge is 0.479 e. The van der Waals surface area contributed by atoms with Gasteiger partial charge in [0.2, 0.25) is 11.7 Å². The molecule has 1 N–H and O–H groups in total. The van der Waals surface area contributed by atoms with Gasteiger partial charge in [-0.15, -0.1) is 0 Å². The molecule has 140 valence electrons. The average Bonchev–Trinajstić information content (AvgIpc) is 3.14. The van der Waals surface area contributed by atoms with Crippen molar-refractivity contribution in [1.82, 2.24) is 15.5 Å². The van der Waals surface area contributed by atoms with E-state index in [1.165, 1.54) is 0 Å². The Morgan fingerprint density at radius 3 is 2.81 bits per heavy atom. The van der Waals surface area contributed by atoms with Crippen molar-refractivity contribution in [3.63, 3.8) is 0 Å². The van der Waals surface area contributed by atoms with Crippen molar-refractivity contribution in [2.24, 2.45) is 0 Å². The van der Waals surface area contributed by atoms with Gasteiger partial charge in [0.05, 0.1) is 11.6 Å². The predicted octanol–water partition coefficient (Wildman–Crippen LogP) is 4.17. The molecular formula is C20H20ClN3O3. The summed E-state index contributed by atoms with van der Waals surface area (Å²) in [6.07, 6.45) is -0.167. The van der Waals surface area contributed by atoms with Crippen LogP contribution in [0.3, 0.4) is 0 Å². The number of carbonyl (C=O) groups is 1. The van der Waals surface area contributed by atoms with Gasteiger partial charge in [0.1, 0.15) is 5.75 Å². The third kappa shape index (κ3) is 4.86. The van der Waals surface area contributed by atoms with Crippen LogP contribution < -0.4 is 10.1 Å². The number of aryl methyl sites for hydroxylation is 1. The molecule has 1 unspecified atom stereocenters. The normalized spacial score (nSPS) is 11.8. The van der Waals surface area contributed by atoms with Gasteiger partial charge < -0.3 is 14.6 Å². The molecule has 1 amide bonds. The molecule has 27 heavy (non-hydrogen) atoms. The lowest BCUT2D eigenvalue weighted by atomic mass is 10.1. The van der Waals surface area contributed by atoms with Crippen LogP contribution >= 0.6 is 11.6 Å².